The summed E-state index contributed by atoms with van der Waals surface area (Å²) >= 11 is 1.60. The number of esters is 1. The number of nitrogens with one attached hydrogen (secondary N) is 1. The van der Waals surface area contributed by atoms with Crippen LogP contribution in [0.4, 0.5) is 0 Å². The van der Waals surface area contributed by atoms with Crippen molar-refractivity contribution in [2.24, 2.45) is 5.92 Å². The first-order valence-electron chi connectivity index (χ1n) is 6.01. The lowest BCUT2D eigenvalue weighted by Gasteiger charge is -2.19. The van der Waals surface area contributed by atoms with Crippen LogP contribution in [0.3, 0.4) is 0 Å². The van der Waals surface area contributed by atoms with Gasteiger partial charge < -0.3 is 4.74 Å². The molecule has 1 N–H and O–H groups in total. The number of ether oxygens (including phenoxy) is 1. The van der Waals surface area contributed by atoms with E-state index in [9.17, 15) is 13.2 Å². The highest BCUT2D eigenvalue weighted by atomic mass is 32.2. The van der Waals surface area contributed by atoms with Crippen LogP contribution in [0.15, 0.2) is 0 Å². The number of rotatable bonds is 6. The second-order valence-electron chi connectivity index (χ2n) is 4.54. The first kappa shape index (κ1) is 15.8. The number of carbonyl (C=O) groups is 1. The quantitative estimate of drug-likeness (QED) is 0.740. The average Bonchev–Trinajstić information content (AvgIpc) is 2.85. The summed E-state index contributed by atoms with van der Waals surface area (Å²) in [6.45, 7) is 2.35. The van der Waals surface area contributed by atoms with Crippen LogP contribution in [0.2, 0.25) is 0 Å². The molecule has 0 aromatic rings. The summed E-state index contributed by atoms with van der Waals surface area (Å²) in [7, 11) is -2.13. The van der Waals surface area contributed by atoms with Crippen molar-refractivity contribution in [1.29, 1.82) is 0 Å². The SMILES string of the molecule is COC(=O)C1CCCC1S(=O)(=O)NCC(C)SC. The van der Waals surface area contributed by atoms with Gasteiger partial charge in [-0.15, -0.1) is 0 Å². The van der Waals surface area contributed by atoms with Gasteiger partial charge in [-0.2, -0.15) is 11.8 Å². The molecule has 3 atom stereocenters. The fourth-order valence-electron chi connectivity index (χ4n) is 2.14. The van der Waals surface area contributed by atoms with Crippen molar-refractivity contribution in [3.8, 4) is 0 Å². The minimum Gasteiger partial charge on any atom is -0.469 e. The van der Waals surface area contributed by atoms with Crippen LogP contribution in [0.1, 0.15) is 26.2 Å². The lowest BCUT2D eigenvalue weighted by atomic mass is 10.1. The summed E-state index contributed by atoms with van der Waals surface area (Å²) in [5.41, 5.74) is 0. The van der Waals surface area contributed by atoms with Crippen LogP contribution < -0.4 is 4.72 Å². The fourth-order valence-corrected chi connectivity index (χ4v) is 4.35. The maximum Gasteiger partial charge on any atom is 0.310 e. The van der Waals surface area contributed by atoms with E-state index in [-0.39, 0.29) is 5.25 Å². The molecule has 1 aliphatic carbocycles. The third-order valence-corrected chi connectivity index (χ3v) is 6.23. The summed E-state index contributed by atoms with van der Waals surface area (Å²) in [5, 5.41) is -0.420. The Kier molecular flexibility index (Phi) is 5.94. The lowest BCUT2D eigenvalue weighted by molar-refractivity contribution is -0.145. The van der Waals surface area contributed by atoms with Crippen LogP contribution >= 0.6 is 11.8 Å². The van der Waals surface area contributed by atoms with E-state index >= 15 is 0 Å². The third kappa shape index (κ3) is 3.86. The normalized spacial score (nSPS) is 25.9. The van der Waals surface area contributed by atoms with Crippen LogP contribution in [0, 0.1) is 5.92 Å². The van der Waals surface area contributed by atoms with Gasteiger partial charge in [0.05, 0.1) is 18.3 Å². The first-order valence-corrected chi connectivity index (χ1v) is 8.85. The van der Waals surface area contributed by atoms with Crippen LogP contribution in [-0.2, 0) is 19.6 Å². The molecule has 0 spiro atoms. The predicted octanol–water partition coefficient (Wildman–Crippen LogP) is 0.999. The Morgan fingerprint density at radius 1 is 1.50 bits per heavy atom. The molecular weight excluding hydrogens is 274 g/mol. The van der Waals surface area contributed by atoms with E-state index < -0.39 is 27.2 Å². The summed E-state index contributed by atoms with van der Waals surface area (Å²) in [6, 6.07) is 0. The van der Waals surface area contributed by atoms with Crippen molar-refractivity contribution in [2.45, 2.75) is 36.7 Å². The van der Waals surface area contributed by atoms with Crippen LogP contribution in [-0.4, -0.2) is 44.8 Å². The average molecular weight is 295 g/mol. The molecule has 0 bridgehead atoms. The molecule has 5 nitrogen and oxygen atoms in total. The van der Waals surface area contributed by atoms with Crippen molar-refractivity contribution >= 4 is 27.8 Å². The minimum absolute atomic E-state index is 0.220. The van der Waals surface area contributed by atoms with Crippen molar-refractivity contribution in [3.05, 3.63) is 0 Å². The molecule has 1 saturated carbocycles. The van der Waals surface area contributed by atoms with Gasteiger partial charge in [0.2, 0.25) is 10.0 Å². The summed E-state index contributed by atoms with van der Waals surface area (Å²) in [6.07, 6.45) is 3.81. The molecule has 0 saturated heterocycles. The summed E-state index contributed by atoms with van der Waals surface area (Å²) in [4.78, 5) is 11.5. The number of sulfonamides is 1. The van der Waals surface area contributed by atoms with E-state index in [0.29, 0.717) is 19.4 Å². The zero-order valence-corrected chi connectivity index (χ0v) is 12.6. The van der Waals surface area contributed by atoms with Gasteiger partial charge in [0.15, 0.2) is 0 Å². The maximum absolute atomic E-state index is 12.2. The van der Waals surface area contributed by atoms with Gasteiger partial charge in [0.1, 0.15) is 0 Å². The second-order valence-corrected chi connectivity index (χ2v) is 7.80. The lowest BCUT2D eigenvalue weighted by Crippen LogP contribution is -2.41. The van der Waals surface area contributed by atoms with Gasteiger partial charge in [-0.1, -0.05) is 13.3 Å². The van der Waals surface area contributed by atoms with Gasteiger partial charge in [0, 0.05) is 11.8 Å². The van der Waals surface area contributed by atoms with E-state index in [1.807, 2.05) is 13.2 Å². The van der Waals surface area contributed by atoms with Gasteiger partial charge in [0.25, 0.3) is 0 Å². The Balaban J connectivity index is 2.69. The Bertz CT molecular complexity index is 383. The highest BCUT2D eigenvalue weighted by Gasteiger charge is 2.42. The number of carbonyl (C=O) groups excluding carboxylic acids is 1. The van der Waals surface area contributed by atoms with Gasteiger partial charge in [-0.25, -0.2) is 13.1 Å². The summed E-state index contributed by atoms with van der Waals surface area (Å²) in [5.74, 6) is -0.933. The summed E-state index contributed by atoms with van der Waals surface area (Å²) < 4.78 is 31.6. The van der Waals surface area contributed by atoms with E-state index in [2.05, 4.69) is 9.46 Å². The Labute approximate surface area is 113 Å². The number of thioether (sulfide) groups is 1. The molecule has 0 aromatic heterocycles. The smallest absolute Gasteiger partial charge is 0.310 e. The molecule has 1 aliphatic rings. The highest BCUT2D eigenvalue weighted by Crippen LogP contribution is 2.31. The minimum atomic E-state index is -3.43. The predicted molar refractivity (Wildman–Crippen MR) is 73.0 cm³/mol. The van der Waals surface area contributed by atoms with Crippen molar-refractivity contribution in [2.75, 3.05) is 19.9 Å². The number of hydrogen-bond donors (Lipinski definition) is 1. The molecule has 0 amide bonds. The van der Waals surface area contributed by atoms with Crippen LogP contribution in [0.25, 0.3) is 0 Å². The van der Waals surface area contributed by atoms with E-state index in [1.54, 1.807) is 11.8 Å². The molecule has 0 radical (unpaired) electrons. The van der Waals surface area contributed by atoms with Crippen molar-refractivity contribution in [1.82, 2.24) is 4.72 Å². The highest BCUT2D eigenvalue weighted by molar-refractivity contribution is 7.99. The number of hydrogen-bond acceptors (Lipinski definition) is 5. The number of methoxy groups -OCH3 is 1. The molecular formula is C11H21NO4S2. The van der Waals surface area contributed by atoms with Crippen molar-refractivity contribution < 1.29 is 17.9 Å². The zero-order valence-electron chi connectivity index (χ0n) is 11.0. The van der Waals surface area contributed by atoms with E-state index in [1.165, 1.54) is 7.11 Å². The molecule has 1 rings (SSSR count). The van der Waals surface area contributed by atoms with Gasteiger partial charge in [-0.3, -0.25) is 4.79 Å². The molecule has 106 valence electrons. The topological polar surface area (TPSA) is 72.5 Å². The largest absolute Gasteiger partial charge is 0.469 e. The first-order chi connectivity index (χ1) is 8.42. The Morgan fingerprint density at radius 2 is 2.17 bits per heavy atom. The maximum atomic E-state index is 12.2. The molecule has 18 heavy (non-hydrogen) atoms. The van der Waals surface area contributed by atoms with Gasteiger partial charge in [-0.05, 0) is 19.1 Å². The van der Waals surface area contributed by atoms with E-state index in [0.717, 1.165) is 6.42 Å². The molecule has 7 heteroatoms. The Morgan fingerprint density at radius 3 is 2.72 bits per heavy atom. The zero-order chi connectivity index (χ0) is 13.8. The molecule has 0 aromatic carbocycles. The third-order valence-electron chi connectivity index (χ3n) is 3.33. The van der Waals surface area contributed by atoms with Crippen molar-refractivity contribution in [3.63, 3.8) is 0 Å². The second kappa shape index (κ2) is 6.77. The molecule has 1 fully saturated rings. The standard InChI is InChI=1S/C11H21NO4S2/c1-8(17-3)7-12-18(14,15)10-6-4-5-9(10)11(13)16-2/h8-10,12H,4-7H2,1-3H3. The van der Waals surface area contributed by atoms with Gasteiger partial charge >= 0.3 is 5.97 Å². The molecule has 0 aliphatic heterocycles. The molecule has 0 heterocycles. The van der Waals surface area contributed by atoms with Crippen LogP contribution in [0.5, 0.6) is 0 Å². The Hall–Kier alpha value is -0.270. The molecule has 3 unspecified atom stereocenters. The monoisotopic (exact) mass is 295 g/mol. The van der Waals surface area contributed by atoms with E-state index in [4.69, 9.17) is 0 Å². The fraction of sp³-hybridized carbons (Fsp3) is 0.909.